The molecule has 2 fully saturated rings. The molecule has 1 saturated carbocycles. The molecule has 0 spiro atoms. The van der Waals surface area contributed by atoms with Crippen molar-refractivity contribution in [3.63, 3.8) is 0 Å². The summed E-state index contributed by atoms with van der Waals surface area (Å²) in [7, 11) is 1.53. The Labute approximate surface area is 187 Å². The lowest BCUT2D eigenvalue weighted by Crippen LogP contribution is -2.54. The zero-order valence-electron chi connectivity index (χ0n) is 19.9. The molecule has 1 aromatic carbocycles. The van der Waals surface area contributed by atoms with Crippen LogP contribution in [0.1, 0.15) is 50.7 Å². The smallest absolute Gasteiger partial charge is 0.248 e. The van der Waals surface area contributed by atoms with Crippen molar-refractivity contribution >= 4 is 5.91 Å². The number of hydrogen-bond donors (Lipinski definition) is 1. The van der Waals surface area contributed by atoms with Crippen LogP contribution in [0, 0.1) is 19.3 Å². The average molecular weight is 433 g/mol. The largest absolute Gasteiger partial charge is 0.490 e. The average Bonchev–Trinajstić information content (AvgIpc) is 2.89. The Hall–Kier alpha value is -1.63. The molecule has 6 nitrogen and oxygen atoms in total. The van der Waals surface area contributed by atoms with E-state index >= 15 is 0 Å². The highest BCUT2D eigenvalue weighted by atomic mass is 16.5. The molecule has 1 N–H and O–H groups in total. The highest BCUT2D eigenvalue weighted by molar-refractivity contribution is 5.77. The van der Waals surface area contributed by atoms with Crippen molar-refractivity contribution in [2.24, 2.45) is 5.41 Å². The van der Waals surface area contributed by atoms with Crippen molar-refractivity contribution < 1.29 is 19.4 Å². The second kappa shape index (κ2) is 9.88. The number of rotatable bonds is 6. The number of benzene rings is 1. The molecule has 3 rings (SSSR count). The van der Waals surface area contributed by atoms with Crippen LogP contribution in [0.3, 0.4) is 0 Å². The zero-order chi connectivity index (χ0) is 22.6. The first-order valence-corrected chi connectivity index (χ1v) is 11.5. The molecule has 1 aliphatic heterocycles. The maximum atomic E-state index is 12.6. The van der Waals surface area contributed by atoms with Crippen molar-refractivity contribution in [3.8, 4) is 5.75 Å². The minimum atomic E-state index is -1.13. The monoisotopic (exact) mass is 432 g/mol. The van der Waals surface area contributed by atoms with E-state index in [1.807, 2.05) is 18.2 Å². The first kappa shape index (κ1) is 24.0. The fourth-order valence-corrected chi connectivity index (χ4v) is 4.79. The Kier molecular flexibility index (Phi) is 7.66. The maximum Gasteiger partial charge on any atom is 0.248 e. The number of aryl methyl sites for hydroxylation is 2. The SMILES string of the molecule is COCC(=O)N1CCN(C2CCC(C)(C)CC2)C[C@](O)(COc2ccc(C)c(C)c2)C1. The van der Waals surface area contributed by atoms with E-state index in [1.54, 1.807) is 4.90 Å². The molecule has 0 bridgehead atoms. The van der Waals surface area contributed by atoms with E-state index in [0.29, 0.717) is 24.5 Å². The first-order valence-electron chi connectivity index (χ1n) is 11.5. The van der Waals surface area contributed by atoms with E-state index in [4.69, 9.17) is 9.47 Å². The molecule has 1 heterocycles. The number of β-amino-alcohol motifs (C(OH)–C–C–N with tert-alkyl or cyclic N) is 1. The van der Waals surface area contributed by atoms with Crippen LogP contribution in [0.15, 0.2) is 18.2 Å². The predicted octanol–water partition coefficient (Wildman–Crippen LogP) is 3.17. The van der Waals surface area contributed by atoms with E-state index in [0.717, 1.165) is 30.7 Å². The Morgan fingerprint density at radius 1 is 1.13 bits per heavy atom. The lowest BCUT2D eigenvalue weighted by atomic mass is 9.75. The molecular weight excluding hydrogens is 392 g/mol. The van der Waals surface area contributed by atoms with Crippen LogP contribution in [0.4, 0.5) is 0 Å². The normalized spacial score (nSPS) is 25.3. The fraction of sp³-hybridized carbons (Fsp3) is 0.720. The summed E-state index contributed by atoms with van der Waals surface area (Å²) >= 11 is 0. The second-order valence-electron chi connectivity index (χ2n) is 10.4. The van der Waals surface area contributed by atoms with Crippen LogP contribution >= 0.6 is 0 Å². The molecule has 2 aliphatic rings. The van der Waals surface area contributed by atoms with Crippen LogP contribution in [-0.4, -0.2) is 79.0 Å². The van der Waals surface area contributed by atoms with Gasteiger partial charge in [-0.15, -0.1) is 0 Å². The summed E-state index contributed by atoms with van der Waals surface area (Å²) < 4.78 is 11.1. The highest BCUT2D eigenvalue weighted by Crippen LogP contribution is 2.37. The summed E-state index contributed by atoms with van der Waals surface area (Å²) in [6, 6.07) is 6.42. The van der Waals surface area contributed by atoms with E-state index in [1.165, 1.54) is 25.5 Å². The van der Waals surface area contributed by atoms with Crippen molar-refractivity contribution in [1.82, 2.24) is 9.80 Å². The van der Waals surface area contributed by atoms with E-state index < -0.39 is 5.60 Å². The van der Waals surface area contributed by atoms with Gasteiger partial charge in [0.1, 0.15) is 24.6 Å². The molecule has 1 amide bonds. The number of aliphatic hydroxyl groups is 1. The van der Waals surface area contributed by atoms with Gasteiger partial charge >= 0.3 is 0 Å². The number of methoxy groups -OCH3 is 1. The molecule has 0 radical (unpaired) electrons. The molecule has 0 unspecified atom stereocenters. The summed E-state index contributed by atoms with van der Waals surface area (Å²) in [5, 5.41) is 11.6. The summed E-state index contributed by atoms with van der Waals surface area (Å²) in [5.41, 5.74) is 1.63. The van der Waals surface area contributed by atoms with Crippen LogP contribution < -0.4 is 4.74 Å². The Bertz CT molecular complexity index is 756. The van der Waals surface area contributed by atoms with Crippen LogP contribution in [-0.2, 0) is 9.53 Å². The highest BCUT2D eigenvalue weighted by Gasteiger charge is 2.40. The number of amides is 1. The summed E-state index contributed by atoms with van der Waals surface area (Å²) in [6.45, 7) is 11.1. The molecule has 1 atom stereocenters. The van der Waals surface area contributed by atoms with E-state index in [9.17, 15) is 9.90 Å². The number of hydrogen-bond acceptors (Lipinski definition) is 5. The molecule has 0 aromatic heterocycles. The molecule has 1 aliphatic carbocycles. The Morgan fingerprint density at radius 3 is 2.48 bits per heavy atom. The third kappa shape index (κ3) is 6.43. The van der Waals surface area contributed by atoms with Crippen molar-refractivity contribution in [2.75, 3.05) is 46.5 Å². The number of ether oxygens (including phenoxy) is 2. The quantitative estimate of drug-likeness (QED) is 0.748. The van der Waals surface area contributed by atoms with Gasteiger partial charge in [0, 0.05) is 32.8 Å². The van der Waals surface area contributed by atoms with Crippen LogP contribution in [0.2, 0.25) is 0 Å². The van der Waals surface area contributed by atoms with Crippen molar-refractivity contribution in [1.29, 1.82) is 0 Å². The number of carbonyl (C=O) groups excluding carboxylic acids is 1. The molecule has 31 heavy (non-hydrogen) atoms. The third-order valence-corrected chi connectivity index (χ3v) is 7.07. The molecule has 6 heteroatoms. The van der Waals surface area contributed by atoms with Gasteiger partial charge in [-0.05, 0) is 68.2 Å². The van der Waals surface area contributed by atoms with Crippen molar-refractivity contribution in [2.45, 2.75) is 65.0 Å². The lowest BCUT2D eigenvalue weighted by Gasteiger charge is -2.41. The maximum absolute atomic E-state index is 12.6. The fourth-order valence-electron chi connectivity index (χ4n) is 4.79. The summed E-state index contributed by atoms with van der Waals surface area (Å²) in [5.74, 6) is 0.667. The van der Waals surface area contributed by atoms with Gasteiger partial charge in [0.05, 0.1) is 6.54 Å². The predicted molar refractivity (Wildman–Crippen MR) is 122 cm³/mol. The van der Waals surface area contributed by atoms with Gasteiger partial charge in [-0.3, -0.25) is 9.69 Å². The lowest BCUT2D eigenvalue weighted by molar-refractivity contribution is -0.138. The van der Waals surface area contributed by atoms with Gasteiger partial charge in [-0.2, -0.15) is 0 Å². The first-order chi connectivity index (χ1) is 14.6. The third-order valence-electron chi connectivity index (χ3n) is 7.07. The number of nitrogens with zero attached hydrogens (tertiary/aromatic N) is 2. The van der Waals surface area contributed by atoms with E-state index in [-0.39, 0.29) is 25.7 Å². The Balaban J connectivity index is 1.74. The molecule has 1 saturated heterocycles. The molecule has 1 aromatic rings. The van der Waals surface area contributed by atoms with Gasteiger partial charge in [0.2, 0.25) is 5.91 Å². The van der Waals surface area contributed by atoms with Crippen molar-refractivity contribution in [3.05, 3.63) is 29.3 Å². The zero-order valence-corrected chi connectivity index (χ0v) is 19.9. The second-order valence-corrected chi connectivity index (χ2v) is 10.4. The van der Waals surface area contributed by atoms with Gasteiger partial charge in [-0.25, -0.2) is 0 Å². The van der Waals surface area contributed by atoms with Gasteiger partial charge in [0.15, 0.2) is 0 Å². The molecule has 174 valence electrons. The van der Waals surface area contributed by atoms with Gasteiger partial charge in [-0.1, -0.05) is 19.9 Å². The standard InChI is InChI=1S/C25H40N2O4/c1-19-6-7-22(14-20(19)2)31-18-25(29)16-26(21-8-10-24(3,4)11-9-21)12-13-27(17-25)23(28)15-30-5/h6-7,14,21,29H,8-13,15-18H2,1-5H3/t25-/m1/s1. The van der Waals surface area contributed by atoms with Gasteiger partial charge in [0.25, 0.3) is 0 Å². The minimum absolute atomic E-state index is 0.0334. The van der Waals surface area contributed by atoms with Crippen LogP contribution in [0.25, 0.3) is 0 Å². The summed E-state index contributed by atoms with van der Waals surface area (Å²) in [4.78, 5) is 16.7. The topological polar surface area (TPSA) is 62.2 Å². The molecular formula is C25H40N2O4. The Morgan fingerprint density at radius 2 is 1.84 bits per heavy atom. The van der Waals surface area contributed by atoms with E-state index in [2.05, 4.69) is 32.6 Å². The minimum Gasteiger partial charge on any atom is -0.490 e. The summed E-state index contributed by atoms with van der Waals surface area (Å²) in [6.07, 6.45) is 4.65. The van der Waals surface area contributed by atoms with Gasteiger partial charge < -0.3 is 19.5 Å². The van der Waals surface area contributed by atoms with Crippen LogP contribution in [0.5, 0.6) is 5.75 Å². The number of carbonyl (C=O) groups is 1.